The van der Waals surface area contributed by atoms with Crippen LogP contribution in [0.2, 0.25) is 0 Å². The van der Waals surface area contributed by atoms with Crippen LogP contribution in [0, 0.1) is 12.8 Å². The number of halogens is 3. The van der Waals surface area contributed by atoms with E-state index in [0.29, 0.717) is 50.6 Å². The van der Waals surface area contributed by atoms with Gasteiger partial charge in [0.25, 0.3) is 5.91 Å². The molecule has 0 unspecified atom stereocenters. The topological polar surface area (TPSA) is 70.1 Å². The molecule has 3 heterocycles. The van der Waals surface area contributed by atoms with E-state index in [1.54, 1.807) is 0 Å². The van der Waals surface area contributed by atoms with E-state index in [-0.39, 0.29) is 36.4 Å². The van der Waals surface area contributed by atoms with Gasteiger partial charge >= 0.3 is 6.18 Å². The molecule has 6 rings (SSSR count). The molecule has 0 bridgehead atoms. The lowest BCUT2D eigenvalue weighted by Gasteiger charge is -2.38. The predicted octanol–water partition coefficient (Wildman–Crippen LogP) is 6.03. The Morgan fingerprint density at radius 3 is 2.44 bits per heavy atom. The molecule has 3 aliphatic rings. The van der Waals surface area contributed by atoms with Gasteiger partial charge in [-0.15, -0.1) is 0 Å². The number of fused-ring (bicyclic) bond motifs is 1. The number of hydrogen-bond donors (Lipinski definition) is 1. The number of likely N-dealkylation sites (tertiary alicyclic amines) is 1. The lowest BCUT2D eigenvalue weighted by Crippen LogP contribution is -2.52. The molecule has 0 spiro atoms. The van der Waals surface area contributed by atoms with E-state index in [0.717, 1.165) is 60.1 Å². The number of aromatic nitrogens is 1. The van der Waals surface area contributed by atoms with Crippen LogP contribution < -0.4 is 5.32 Å². The van der Waals surface area contributed by atoms with E-state index in [4.69, 9.17) is 4.74 Å². The van der Waals surface area contributed by atoms with Gasteiger partial charge in [-0.25, -0.2) is 0 Å². The van der Waals surface area contributed by atoms with Crippen LogP contribution >= 0.6 is 0 Å². The summed E-state index contributed by atoms with van der Waals surface area (Å²) in [5.41, 5.74) is 4.02. The molecule has 48 heavy (non-hydrogen) atoms. The van der Waals surface area contributed by atoms with Crippen molar-refractivity contribution in [2.75, 3.05) is 51.2 Å². The number of ether oxygens (including phenoxy) is 1. The third kappa shape index (κ3) is 8.23. The lowest BCUT2D eigenvalue weighted by atomic mass is 9.89. The maximum absolute atomic E-state index is 13.9. The molecular weight excluding hydrogens is 619 g/mol. The third-order valence-corrected chi connectivity index (χ3v) is 10.6. The van der Waals surface area contributed by atoms with Gasteiger partial charge in [0.1, 0.15) is 0 Å². The Morgan fingerprint density at radius 2 is 1.73 bits per heavy atom. The molecule has 2 saturated heterocycles. The molecule has 1 saturated carbocycles. The summed E-state index contributed by atoms with van der Waals surface area (Å²) in [6, 6.07) is 13.5. The van der Waals surface area contributed by atoms with Crippen LogP contribution in [-0.4, -0.2) is 101 Å². The van der Waals surface area contributed by atoms with Crippen molar-refractivity contribution >= 4 is 28.4 Å². The van der Waals surface area contributed by atoms with E-state index in [1.165, 1.54) is 4.90 Å². The smallest absolute Gasteiger partial charge is 0.376 e. The number of amides is 2. The number of anilines is 1. The van der Waals surface area contributed by atoms with Crippen molar-refractivity contribution < 1.29 is 27.5 Å². The summed E-state index contributed by atoms with van der Waals surface area (Å²) in [4.78, 5) is 32.8. The Labute approximate surface area is 281 Å². The van der Waals surface area contributed by atoms with Crippen molar-refractivity contribution in [1.82, 2.24) is 19.3 Å². The van der Waals surface area contributed by atoms with Gasteiger partial charge in [-0.1, -0.05) is 37.3 Å². The fourth-order valence-corrected chi connectivity index (χ4v) is 7.77. The minimum Gasteiger partial charge on any atom is -0.376 e. The van der Waals surface area contributed by atoms with Gasteiger partial charge in [-0.3, -0.25) is 19.4 Å². The summed E-state index contributed by atoms with van der Waals surface area (Å²) in [6.45, 7) is 6.21. The zero-order valence-corrected chi connectivity index (χ0v) is 28.3. The van der Waals surface area contributed by atoms with E-state index in [1.807, 2.05) is 72.1 Å². The number of carbonyl (C=O) groups excluding carboxylic acids is 2. The first-order valence-electron chi connectivity index (χ1n) is 17.3. The highest BCUT2D eigenvalue weighted by atomic mass is 19.4. The van der Waals surface area contributed by atoms with Gasteiger partial charge in [-0.05, 0) is 68.2 Å². The average molecular weight is 668 g/mol. The second-order valence-electron chi connectivity index (χ2n) is 14.2. The molecular formula is C37H48F3N5O3. The summed E-state index contributed by atoms with van der Waals surface area (Å²) in [6.07, 6.45) is 3.21. The monoisotopic (exact) mass is 667 g/mol. The molecule has 0 radical (unpaired) electrons. The number of benzene rings is 2. The van der Waals surface area contributed by atoms with Crippen molar-refractivity contribution in [3.05, 3.63) is 65.4 Å². The minimum absolute atomic E-state index is 0.0195. The van der Waals surface area contributed by atoms with Crippen LogP contribution in [0.15, 0.2) is 48.7 Å². The number of carbonyl (C=O) groups is 2. The first-order valence-corrected chi connectivity index (χ1v) is 17.3. The Morgan fingerprint density at radius 1 is 1.00 bits per heavy atom. The summed E-state index contributed by atoms with van der Waals surface area (Å²) in [5, 5.41) is 3.94. The van der Waals surface area contributed by atoms with Crippen LogP contribution in [0.4, 0.5) is 18.9 Å². The second kappa shape index (κ2) is 14.6. The first kappa shape index (κ1) is 34.5. The molecule has 2 atom stereocenters. The Kier molecular flexibility index (Phi) is 10.5. The van der Waals surface area contributed by atoms with Crippen molar-refractivity contribution in [3.63, 3.8) is 0 Å². The third-order valence-electron chi connectivity index (χ3n) is 10.6. The number of alkyl halides is 3. The van der Waals surface area contributed by atoms with E-state index in [9.17, 15) is 22.8 Å². The zero-order chi connectivity index (χ0) is 34.0. The standard InChI is InChI=1S/C37H48F3N5O3/c1-25-8-11-30(12-9-25)48-23-29-20-28(44-16-14-43(15-17-44)24-37(38,39)40)21-45(29)35(46)19-27-10-13-33(26(2)18-27)41-36(47)32-22-42(3)34-7-5-4-6-31(32)34/h4-7,10,13,18,22,25,28-30H,8-9,11-12,14-17,19-21,23-24H2,1-3H3,(H,41,47)/t25-,28-,29-,30-/m0/s1. The van der Waals surface area contributed by atoms with Gasteiger partial charge < -0.3 is 19.5 Å². The SMILES string of the molecule is Cc1cc(CC(=O)N2C[C@@H](N3CCN(CC(F)(F)F)CC3)C[C@H]2CO[C@H]2CC[C@H](C)CC2)ccc1NC(=O)c1cn(C)c2ccccc12. The molecule has 3 aromatic rings. The van der Waals surface area contributed by atoms with Gasteiger partial charge in [0.15, 0.2) is 0 Å². The fraction of sp³-hybridized carbons (Fsp3) is 0.568. The fourth-order valence-electron chi connectivity index (χ4n) is 7.77. The number of nitrogens with zero attached hydrogens (tertiary/aromatic N) is 4. The Bertz CT molecular complexity index is 1590. The number of aryl methyl sites for hydroxylation is 2. The summed E-state index contributed by atoms with van der Waals surface area (Å²) in [5.74, 6) is 0.554. The van der Waals surface area contributed by atoms with Crippen LogP contribution in [-0.2, 0) is 23.0 Å². The average Bonchev–Trinajstić information content (AvgIpc) is 3.63. The van der Waals surface area contributed by atoms with Crippen molar-refractivity contribution in [2.45, 2.75) is 76.7 Å². The highest BCUT2D eigenvalue weighted by Crippen LogP contribution is 2.30. The molecule has 2 amide bonds. The Hall–Kier alpha value is -3.41. The van der Waals surface area contributed by atoms with Crippen LogP contribution in [0.1, 0.15) is 60.5 Å². The number of rotatable bonds is 9. The molecule has 1 aromatic heterocycles. The van der Waals surface area contributed by atoms with Gasteiger partial charge in [0.05, 0.1) is 37.3 Å². The molecule has 11 heteroatoms. The van der Waals surface area contributed by atoms with Crippen molar-refractivity contribution in [3.8, 4) is 0 Å². The first-order chi connectivity index (χ1) is 22.9. The largest absolute Gasteiger partial charge is 0.401 e. The Balaban J connectivity index is 1.10. The molecule has 3 fully saturated rings. The molecule has 1 N–H and O–H groups in total. The number of piperazine rings is 1. The lowest BCUT2D eigenvalue weighted by molar-refractivity contribution is -0.150. The van der Waals surface area contributed by atoms with Crippen LogP contribution in [0.5, 0.6) is 0 Å². The van der Waals surface area contributed by atoms with E-state index < -0.39 is 12.7 Å². The van der Waals surface area contributed by atoms with Crippen LogP contribution in [0.25, 0.3) is 10.9 Å². The normalized spacial score (nSPS) is 24.3. The van der Waals surface area contributed by atoms with Crippen molar-refractivity contribution in [2.24, 2.45) is 13.0 Å². The number of nitrogens with one attached hydrogen (secondary N) is 1. The highest BCUT2D eigenvalue weighted by Gasteiger charge is 2.40. The number of para-hydroxylation sites is 1. The highest BCUT2D eigenvalue weighted by molar-refractivity contribution is 6.13. The van der Waals surface area contributed by atoms with Gasteiger partial charge in [0, 0.05) is 68.6 Å². The molecule has 2 aromatic carbocycles. The van der Waals surface area contributed by atoms with Crippen LogP contribution in [0.3, 0.4) is 0 Å². The molecule has 2 aliphatic heterocycles. The summed E-state index contributed by atoms with van der Waals surface area (Å²) < 4.78 is 47.2. The van der Waals surface area contributed by atoms with E-state index >= 15 is 0 Å². The summed E-state index contributed by atoms with van der Waals surface area (Å²) in [7, 11) is 1.92. The van der Waals surface area contributed by atoms with Crippen molar-refractivity contribution in [1.29, 1.82) is 0 Å². The number of hydrogen-bond acceptors (Lipinski definition) is 5. The molecule has 8 nitrogen and oxygen atoms in total. The van der Waals surface area contributed by atoms with Gasteiger partial charge in [0.2, 0.25) is 5.91 Å². The second-order valence-corrected chi connectivity index (χ2v) is 14.2. The molecule has 260 valence electrons. The molecule has 1 aliphatic carbocycles. The van der Waals surface area contributed by atoms with Gasteiger partial charge in [-0.2, -0.15) is 13.2 Å². The minimum atomic E-state index is -4.20. The predicted molar refractivity (Wildman–Crippen MR) is 181 cm³/mol. The maximum Gasteiger partial charge on any atom is 0.401 e. The quantitative estimate of drug-likeness (QED) is 0.302. The maximum atomic E-state index is 13.9. The zero-order valence-electron chi connectivity index (χ0n) is 28.3. The summed E-state index contributed by atoms with van der Waals surface area (Å²) >= 11 is 0. The van der Waals surface area contributed by atoms with E-state index in [2.05, 4.69) is 17.1 Å².